The van der Waals surface area contributed by atoms with Crippen LogP contribution in [0.4, 0.5) is 0 Å². The maximum Gasteiger partial charge on any atom is 0.253 e. The molecule has 1 aromatic carbocycles. The van der Waals surface area contributed by atoms with Gasteiger partial charge in [0.25, 0.3) is 5.91 Å². The Morgan fingerprint density at radius 1 is 1.23 bits per heavy atom. The summed E-state index contributed by atoms with van der Waals surface area (Å²) in [6.45, 7) is 4.00. The van der Waals surface area contributed by atoms with Crippen LogP contribution in [-0.2, 0) is 0 Å². The minimum atomic E-state index is 0.137. The number of hydrogen-bond acceptors (Lipinski definition) is 2. The molecule has 5 heteroatoms. The molecule has 0 saturated carbocycles. The van der Waals surface area contributed by atoms with Crippen LogP contribution in [0.15, 0.2) is 36.7 Å². The van der Waals surface area contributed by atoms with Crippen molar-refractivity contribution in [2.24, 2.45) is 5.92 Å². The van der Waals surface area contributed by atoms with Crippen molar-refractivity contribution >= 4 is 18.1 Å². The molecular formula is C17H21N3OS. The second kappa shape index (κ2) is 6.48. The number of likely N-dealkylation sites (tertiary alicyclic amines) is 1. The molecule has 1 aliphatic rings. The van der Waals surface area contributed by atoms with E-state index in [1.165, 1.54) is 6.42 Å². The molecule has 1 amide bonds. The highest BCUT2D eigenvalue weighted by Gasteiger charge is 2.19. The van der Waals surface area contributed by atoms with Gasteiger partial charge in [0.05, 0.1) is 0 Å². The predicted molar refractivity (Wildman–Crippen MR) is 89.9 cm³/mol. The van der Waals surface area contributed by atoms with E-state index in [4.69, 9.17) is 12.2 Å². The van der Waals surface area contributed by atoms with Crippen molar-refractivity contribution in [2.75, 3.05) is 13.1 Å². The summed E-state index contributed by atoms with van der Waals surface area (Å²) < 4.78 is 2.54. The molecule has 0 bridgehead atoms. The van der Waals surface area contributed by atoms with E-state index in [9.17, 15) is 4.79 Å². The minimum absolute atomic E-state index is 0.137. The number of carbonyl (C=O) groups excluding carboxylic acids is 1. The molecule has 2 heterocycles. The van der Waals surface area contributed by atoms with Crippen LogP contribution < -0.4 is 0 Å². The Balaban J connectivity index is 1.76. The first-order chi connectivity index (χ1) is 10.6. The highest BCUT2D eigenvalue weighted by molar-refractivity contribution is 7.71. The van der Waals surface area contributed by atoms with E-state index in [0.29, 0.717) is 4.77 Å². The van der Waals surface area contributed by atoms with Crippen molar-refractivity contribution in [2.45, 2.75) is 26.2 Å². The third-order valence-corrected chi connectivity index (χ3v) is 4.66. The van der Waals surface area contributed by atoms with Gasteiger partial charge in [-0.2, -0.15) is 0 Å². The Morgan fingerprint density at radius 3 is 2.68 bits per heavy atom. The zero-order valence-corrected chi connectivity index (χ0v) is 13.6. The fourth-order valence-corrected chi connectivity index (χ4v) is 3.17. The Labute approximate surface area is 135 Å². The highest BCUT2D eigenvalue weighted by Crippen LogP contribution is 2.19. The number of aromatic nitrogens is 2. The van der Waals surface area contributed by atoms with E-state index in [2.05, 4.69) is 11.9 Å². The molecule has 0 unspecified atom stereocenters. The zero-order chi connectivity index (χ0) is 15.5. The molecule has 1 aliphatic heterocycles. The number of nitrogens with zero attached hydrogens (tertiary/aromatic N) is 2. The fraction of sp³-hybridized carbons (Fsp3) is 0.412. The average Bonchev–Trinajstić information content (AvgIpc) is 2.84. The smallest absolute Gasteiger partial charge is 0.253 e. The van der Waals surface area contributed by atoms with Crippen LogP contribution in [0.5, 0.6) is 0 Å². The van der Waals surface area contributed by atoms with Crippen molar-refractivity contribution < 1.29 is 4.79 Å². The molecule has 1 atom stereocenters. The van der Waals surface area contributed by atoms with Gasteiger partial charge in [-0.3, -0.25) is 9.36 Å². The number of carbonyl (C=O) groups is 1. The van der Waals surface area contributed by atoms with Gasteiger partial charge < -0.3 is 9.88 Å². The van der Waals surface area contributed by atoms with Gasteiger partial charge >= 0.3 is 0 Å². The van der Waals surface area contributed by atoms with Gasteiger partial charge in [-0.15, -0.1) is 0 Å². The molecule has 1 N–H and O–H groups in total. The molecule has 4 nitrogen and oxygen atoms in total. The van der Waals surface area contributed by atoms with Crippen LogP contribution in [0, 0.1) is 10.7 Å². The van der Waals surface area contributed by atoms with E-state index in [-0.39, 0.29) is 5.91 Å². The molecule has 2 aromatic rings. The summed E-state index contributed by atoms with van der Waals surface area (Å²) in [6, 6.07) is 7.66. The number of hydrogen-bond donors (Lipinski definition) is 1. The second-order valence-corrected chi connectivity index (χ2v) is 6.40. The summed E-state index contributed by atoms with van der Waals surface area (Å²) in [4.78, 5) is 17.6. The molecule has 1 fully saturated rings. The van der Waals surface area contributed by atoms with Gasteiger partial charge in [0.2, 0.25) is 0 Å². The van der Waals surface area contributed by atoms with Crippen molar-refractivity contribution in [3.63, 3.8) is 0 Å². The average molecular weight is 315 g/mol. The first kappa shape index (κ1) is 15.0. The normalized spacial score (nSPS) is 19.0. The fourth-order valence-electron chi connectivity index (χ4n) is 2.94. The monoisotopic (exact) mass is 315 g/mol. The van der Waals surface area contributed by atoms with Gasteiger partial charge in [0, 0.05) is 36.7 Å². The lowest BCUT2D eigenvalue weighted by Crippen LogP contribution is -2.31. The number of H-pyrrole nitrogens is 1. The molecule has 1 saturated heterocycles. The van der Waals surface area contributed by atoms with Gasteiger partial charge in [0.15, 0.2) is 4.77 Å². The summed E-state index contributed by atoms with van der Waals surface area (Å²) in [7, 11) is 0. The van der Waals surface area contributed by atoms with Gasteiger partial charge in [-0.1, -0.05) is 6.92 Å². The molecule has 0 aliphatic carbocycles. The van der Waals surface area contributed by atoms with Crippen molar-refractivity contribution in [3.8, 4) is 5.69 Å². The van der Waals surface area contributed by atoms with Crippen molar-refractivity contribution in [1.82, 2.24) is 14.5 Å². The number of amides is 1. The van der Waals surface area contributed by atoms with Crippen molar-refractivity contribution in [3.05, 3.63) is 47.0 Å². The number of benzene rings is 1. The predicted octanol–water partition coefficient (Wildman–Crippen LogP) is 3.80. The van der Waals surface area contributed by atoms with Crippen LogP contribution >= 0.6 is 12.2 Å². The maximum atomic E-state index is 12.6. The zero-order valence-electron chi connectivity index (χ0n) is 12.8. The standard InChI is InChI=1S/C17H21N3OS/c1-13-3-2-10-19(11-8-13)16(21)14-4-6-15(7-5-14)20-12-9-18-17(20)22/h4-7,9,12-13H,2-3,8,10-11H2,1H3,(H,18,22)/t13-/m0/s1. The van der Waals surface area contributed by atoms with Crippen LogP contribution in [0.1, 0.15) is 36.5 Å². The summed E-state index contributed by atoms with van der Waals surface area (Å²) in [5, 5.41) is 0. The topological polar surface area (TPSA) is 41.0 Å². The van der Waals surface area contributed by atoms with Crippen LogP contribution in [0.3, 0.4) is 0 Å². The summed E-state index contributed by atoms with van der Waals surface area (Å²) in [5.41, 5.74) is 1.72. The molecule has 116 valence electrons. The first-order valence-electron chi connectivity index (χ1n) is 7.81. The van der Waals surface area contributed by atoms with Gasteiger partial charge in [-0.25, -0.2) is 0 Å². The Morgan fingerprint density at radius 2 is 2.00 bits per heavy atom. The highest BCUT2D eigenvalue weighted by atomic mass is 32.1. The Hall–Kier alpha value is -1.88. The molecule has 1 aromatic heterocycles. The molecule has 0 radical (unpaired) electrons. The van der Waals surface area contributed by atoms with Gasteiger partial charge in [-0.05, 0) is 61.7 Å². The minimum Gasteiger partial charge on any atom is -0.339 e. The second-order valence-electron chi connectivity index (χ2n) is 6.01. The van der Waals surface area contributed by atoms with Crippen LogP contribution in [0.2, 0.25) is 0 Å². The Kier molecular flexibility index (Phi) is 4.43. The summed E-state index contributed by atoms with van der Waals surface area (Å²) >= 11 is 5.21. The summed E-state index contributed by atoms with van der Waals surface area (Å²) in [6.07, 6.45) is 7.11. The lowest BCUT2D eigenvalue weighted by Gasteiger charge is -2.20. The van der Waals surface area contributed by atoms with Gasteiger partial charge in [0.1, 0.15) is 0 Å². The first-order valence-corrected chi connectivity index (χ1v) is 8.22. The third kappa shape index (κ3) is 3.14. The third-order valence-electron chi connectivity index (χ3n) is 4.35. The molecule has 22 heavy (non-hydrogen) atoms. The molecule has 3 rings (SSSR count). The maximum absolute atomic E-state index is 12.6. The van der Waals surface area contributed by atoms with E-state index in [1.54, 1.807) is 6.20 Å². The SMILES string of the molecule is C[C@H]1CCCN(C(=O)c2ccc(-n3cc[nH]c3=S)cc2)CC1. The lowest BCUT2D eigenvalue weighted by atomic mass is 10.0. The lowest BCUT2D eigenvalue weighted by molar-refractivity contribution is 0.0760. The van der Waals surface area contributed by atoms with E-state index >= 15 is 0 Å². The summed E-state index contributed by atoms with van der Waals surface area (Å²) in [5.74, 6) is 0.856. The van der Waals surface area contributed by atoms with Crippen LogP contribution in [-0.4, -0.2) is 33.4 Å². The number of rotatable bonds is 2. The molecule has 0 spiro atoms. The van der Waals surface area contributed by atoms with E-state index in [0.717, 1.165) is 43.1 Å². The Bertz CT molecular complexity index is 701. The van der Waals surface area contributed by atoms with E-state index in [1.807, 2.05) is 39.9 Å². The number of nitrogens with one attached hydrogen (secondary N) is 1. The van der Waals surface area contributed by atoms with Crippen molar-refractivity contribution in [1.29, 1.82) is 0 Å². The van der Waals surface area contributed by atoms with Crippen LogP contribution in [0.25, 0.3) is 5.69 Å². The molecular weight excluding hydrogens is 294 g/mol. The largest absolute Gasteiger partial charge is 0.339 e. The quantitative estimate of drug-likeness (QED) is 0.857. The number of aromatic amines is 1. The van der Waals surface area contributed by atoms with E-state index < -0.39 is 0 Å². The number of imidazole rings is 1.